The molecular weight excluding hydrogens is 471 g/mol. The number of halogens is 3. The lowest BCUT2D eigenvalue weighted by Crippen LogP contribution is -2.61. The predicted molar refractivity (Wildman–Crippen MR) is 115 cm³/mol. The molecule has 4 saturated heterocycles. The molecule has 3 amide bonds. The van der Waals surface area contributed by atoms with Crippen LogP contribution in [0, 0.1) is 0 Å². The summed E-state index contributed by atoms with van der Waals surface area (Å²) in [6, 6.07) is 5.78. The van der Waals surface area contributed by atoms with Gasteiger partial charge in [-0.3, -0.25) is 9.63 Å². The number of fused-ring (bicyclic) bond motifs is 2. The van der Waals surface area contributed by atoms with Crippen LogP contribution >= 0.6 is 0 Å². The monoisotopic (exact) mass is 499 g/mol. The van der Waals surface area contributed by atoms with E-state index in [0.29, 0.717) is 49.2 Å². The van der Waals surface area contributed by atoms with Gasteiger partial charge in [-0.2, -0.15) is 13.2 Å². The fourth-order valence-electron chi connectivity index (χ4n) is 4.96. The molecule has 0 spiro atoms. The van der Waals surface area contributed by atoms with Crippen LogP contribution in [0.3, 0.4) is 0 Å². The minimum atomic E-state index is -4.52. The maximum absolute atomic E-state index is 13.3. The summed E-state index contributed by atoms with van der Waals surface area (Å²) in [6.07, 6.45) is -5.77. The highest BCUT2D eigenvalue weighted by Gasteiger charge is 2.59. The van der Waals surface area contributed by atoms with Gasteiger partial charge >= 0.3 is 12.2 Å². The van der Waals surface area contributed by atoms with E-state index in [9.17, 15) is 22.8 Å². The summed E-state index contributed by atoms with van der Waals surface area (Å²) in [7, 11) is 0. The van der Waals surface area contributed by atoms with Crippen LogP contribution in [0.15, 0.2) is 24.3 Å². The molecule has 10 nitrogen and oxygen atoms in total. The molecule has 0 radical (unpaired) electrons. The van der Waals surface area contributed by atoms with Gasteiger partial charge in [0.15, 0.2) is 0 Å². The van der Waals surface area contributed by atoms with Crippen molar-refractivity contribution in [2.75, 3.05) is 39.5 Å². The van der Waals surface area contributed by atoms with Crippen molar-refractivity contribution in [2.45, 2.75) is 49.5 Å². The Bertz CT molecular complexity index is 932. The van der Waals surface area contributed by atoms with Gasteiger partial charge in [-0.15, -0.1) is 5.06 Å². The molecule has 1 aromatic rings. The molecule has 13 heteroatoms. The number of rotatable bonds is 5. The van der Waals surface area contributed by atoms with Crippen LogP contribution in [-0.2, 0) is 14.3 Å². The van der Waals surface area contributed by atoms with Gasteiger partial charge in [0, 0.05) is 18.7 Å². The molecule has 0 aliphatic carbocycles. The Morgan fingerprint density at radius 3 is 2.40 bits per heavy atom. The molecule has 5 rings (SSSR count). The van der Waals surface area contributed by atoms with Crippen LogP contribution in [0.2, 0.25) is 0 Å². The number of hydrogen-bond donors (Lipinski definition) is 2. The summed E-state index contributed by atoms with van der Waals surface area (Å²) in [5, 5.41) is 3.49. The number of morpholine rings is 2. The largest absolute Gasteiger partial charge is 0.432 e. The Kier molecular flexibility index (Phi) is 6.61. The van der Waals surface area contributed by atoms with Crippen LogP contribution in [0.25, 0.3) is 0 Å². The predicted octanol–water partition coefficient (Wildman–Crippen LogP) is 1.19. The van der Waals surface area contributed by atoms with Crippen molar-refractivity contribution in [2.24, 2.45) is 5.73 Å². The lowest BCUT2D eigenvalue weighted by Gasteiger charge is -2.42. The number of alkyl halides is 3. The first-order valence-corrected chi connectivity index (χ1v) is 11.6. The third-order valence-electron chi connectivity index (χ3n) is 6.91. The normalized spacial score (nSPS) is 31.3. The molecule has 4 unspecified atom stereocenters. The number of amides is 3. The maximum Gasteiger partial charge on any atom is 0.432 e. The van der Waals surface area contributed by atoms with Crippen molar-refractivity contribution in [1.29, 1.82) is 0 Å². The number of urea groups is 1. The van der Waals surface area contributed by atoms with Crippen molar-refractivity contribution >= 4 is 11.9 Å². The second-order valence-electron chi connectivity index (χ2n) is 9.17. The van der Waals surface area contributed by atoms with Gasteiger partial charge in [-0.05, 0) is 30.5 Å². The summed E-state index contributed by atoms with van der Waals surface area (Å²) in [5.74, 6) is -0.370. The van der Waals surface area contributed by atoms with Gasteiger partial charge in [-0.25, -0.2) is 4.79 Å². The van der Waals surface area contributed by atoms with E-state index < -0.39 is 18.6 Å². The number of hydrogen-bond acceptors (Lipinski definition) is 7. The topological polar surface area (TPSA) is 113 Å². The third kappa shape index (κ3) is 4.96. The summed E-state index contributed by atoms with van der Waals surface area (Å²) in [5.41, 5.74) is 6.54. The van der Waals surface area contributed by atoms with Crippen molar-refractivity contribution in [3.63, 3.8) is 0 Å². The van der Waals surface area contributed by atoms with Crippen molar-refractivity contribution in [3.8, 4) is 0 Å². The Labute approximate surface area is 200 Å². The van der Waals surface area contributed by atoms with E-state index in [2.05, 4.69) is 10.2 Å². The fourth-order valence-corrected chi connectivity index (χ4v) is 4.96. The Morgan fingerprint density at radius 2 is 1.77 bits per heavy atom. The van der Waals surface area contributed by atoms with Crippen LogP contribution in [0.5, 0.6) is 0 Å². The Balaban J connectivity index is 1.16. The highest BCUT2D eigenvalue weighted by molar-refractivity contribution is 5.94. The Hall–Kier alpha value is -2.45. The highest BCUT2D eigenvalue weighted by atomic mass is 19.4. The van der Waals surface area contributed by atoms with Gasteiger partial charge in [-0.1, -0.05) is 12.1 Å². The van der Waals surface area contributed by atoms with Gasteiger partial charge in [0.05, 0.1) is 44.6 Å². The number of ether oxygens (including phenoxy) is 2. The van der Waals surface area contributed by atoms with Gasteiger partial charge < -0.3 is 30.3 Å². The first-order chi connectivity index (χ1) is 16.7. The van der Waals surface area contributed by atoms with Gasteiger partial charge in [0.25, 0.3) is 12.1 Å². The molecule has 4 aliphatic rings. The second-order valence-corrected chi connectivity index (χ2v) is 9.17. The van der Waals surface area contributed by atoms with E-state index in [1.807, 2.05) is 4.90 Å². The molecule has 2 bridgehead atoms. The maximum atomic E-state index is 13.3. The Morgan fingerprint density at radius 1 is 1.09 bits per heavy atom. The van der Waals surface area contributed by atoms with Crippen molar-refractivity contribution in [3.05, 3.63) is 35.4 Å². The van der Waals surface area contributed by atoms with Crippen LogP contribution in [0.1, 0.15) is 34.9 Å². The molecule has 3 N–H and O–H groups in total. The lowest BCUT2D eigenvalue weighted by molar-refractivity contribution is -0.148. The van der Waals surface area contributed by atoms with E-state index >= 15 is 0 Å². The molecule has 4 aliphatic heterocycles. The van der Waals surface area contributed by atoms with E-state index in [4.69, 9.17) is 15.2 Å². The molecular formula is C22H28F3N5O5. The molecule has 4 fully saturated rings. The molecule has 0 aromatic heterocycles. The van der Waals surface area contributed by atoms with Crippen molar-refractivity contribution < 1.29 is 37.1 Å². The summed E-state index contributed by atoms with van der Waals surface area (Å²) in [4.78, 5) is 34.2. The number of carbonyl (C=O) groups excluding carboxylic acids is 2. The molecule has 0 saturated carbocycles. The van der Waals surface area contributed by atoms with Crippen molar-refractivity contribution in [1.82, 2.24) is 20.2 Å². The molecule has 192 valence electrons. The highest BCUT2D eigenvalue weighted by Crippen LogP contribution is 2.41. The first-order valence-electron chi connectivity index (χ1n) is 11.6. The number of nitrogens with two attached hydrogens (primary N) is 1. The third-order valence-corrected chi connectivity index (χ3v) is 6.91. The van der Waals surface area contributed by atoms with Crippen LogP contribution < -0.4 is 11.1 Å². The molecule has 1 aromatic carbocycles. The zero-order valence-corrected chi connectivity index (χ0v) is 18.9. The SMILES string of the molecule is NC(c1ccc(C(=O)NC[C@H]2COCCN2C(=O)N2C3CCC2COC3)cc1)[N@]1OC1C(F)(F)F. The van der Waals surface area contributed by atoms with E-state index in [1.165, 1.54) is 24.3 Å². The number of benzene rings is 1. The van der Waals surface area contributed by atoms with E-state index in [1.54, 1.807) is 4.90 Å². The minimum Gasteiger partial charge on any atom is -0.377 e. The summed E-state index contributed by atoms with van der Waals surface area (Å²) < 4.78 is 49.2. The molecule has 4 heterocycles. The second kappa shape index (κ2) is 9.54. The van der Waals surface area contributed by atoms with Crippen LogP contribution in [-0.4, -0.2) is 96.8 Å². The number of carbonyl (C=O) groups is 2. The van der Waals surface area contributed by atoms with E-state index in [-0.39, 0.29) is 36.6 Å². The number of hydroxylamine groups is 2. The number of nitrogens with one attached hydrogen (secondary N) is 1. The zero-order valence-electron chi connectivity index (χ0n) is 18.9. The minimum absolute atomic E-state index is 0.0452. The lowest BCUT2D eigenvalue weighted by atomic mass is 10.1. The molecule has 35 heavy (non-hydrogen) atoms. The summed E-state index contributed by atoms with van der Waals surface area (Å²) in [6.45, 7) is 2.51. The average Bonchev–Trinajstić information content (AvgIpc) is 3.63. The zero-order chi connectivity index (χ0) is 24.7. The van der Waals surface area contributed by atoms with Crippen LogP contribution in [0.4, 0.5) is 18.0 Å². The summed E-state index contributed by atoms with van der Waals surface area (Å²) >= 11 is 0. The fraction of sp³-hybridized carbons (Fsp3) is 0.636. The standard InChI is InChI=1S/C22H28F3N5O5/c23-22(24,25)20-30(35-20)18(26)13-1-3-14(4-2-13)19(31)27-9-17-12-33-8-7-28(17)21(32)29-15-5-6-16(29)11-34-10-15/h1-4,15-18,20H,5-12,26H2,(H,27,31)/t15?,16?,17-,18?,20?,30-/m0/s1. The van der Waals surface area contributed by atoms with Gasteiger partial charge in [0.1, 0.15) is 6.17 Å². The quantitative estimate of drug-likeness (QED) is 0.586. The van der Waals surface area contributed by atoms with Gasteiger partial charge in [0.2, 0.25) is 0 Å². The smallest absolute Gasteiger partial charge is 0.377 e. The van der Waals surface area contributed by atoms with E-state index in [0.717, 1.165) is 12.8 Å². The molecule has 6 atom stereocenters. The number of nitrogens with zero attached hydrogens (tertiary/aromatic N) is 3. The average molecular weight is 499 g/mol. The first kappa shape index (κ1) is 24.3.